The minimum atomic E-state index is -0.373. The Balaban J connectivity index is 1.68. The first-order valence-electron chi connectivity index (χ1n) is 6.48. The molecule has 2 amide bonds. The lowest BCUT2D eigenvalue weighted by molar-refractivity contribution is -0.121. The molecule has 6 heteroatoms. The highest BCUT2D eigenvalue weighted by molar-refractivity contribution is 5.91. The second-order valence-electron chi connectivity index (χ2n) is 4.35. The van der Waals surface area contributed by atoms with Gasteiger partial charge >= 0.3 is 0 Å². The number of halogens is 1. The Kier molecular flexibility index (Phi) is 5.09. The lowest BCUT2D eigenvalue weighted by Gasteiger charge is -2.06. The van der Waals surface area contributed by atoms with Crippen molar-refractivity contribution in [3.8, 4) is 0 Å². The standard InChI is InChI=1S/C15H15FN2O3/c16-12-5-2-1-4-11(12)10-18-14(19)7-8-17-15(20)13-6-3-9-21-13/h1-6,9H,7-8,10H2,(H,17,20)(H,18,19). The highest BCUT2D eigenvalue weighted by atomic mass is 19.1. The van der Waals surface area contributed by atoms with Crippen LogP contribution in [-0.2, 0) is 11.3 Å². The van der Waals surface area contributed by atoms with E-state index in [1.165, 1.54) is 18.4 Å². The highest BCUT2D eigenvalue weighted by Crippen LogP contribution is 2.05. The summed E-state index contributed by atoms with van der Waals surface area (Å²) in [6, 6.07) is 9.38. The van der Waals surface area contributed by atoms with E-state index in [1.807, 2.05) is 0 Å². The summed E-state index contributed by atoms with van der Waals surface area (Å²) >= 11 is 0. The molecular weight excluding hydrogens is 275 g/mol. The zero-order chi connectivity index (χ0) is 15.1. The van der Waals surface area contributed by atoms with E-state index in [2.05, 4.69) is 10.6 Å². The molecule has 2 aromatic rings. The summed E-state index contributed by atoms with van der Waals surface area (Å²) in [6.07, 6.45) is 1.51. The van der Waals surface area contributed by atoms with Crippen molar-refractivity contribution in [2.24, 2.45) is 0 Å². The molecule has 0 saturated heterocycles. The predicted octanol–water partition coefficient (Wildman–Crippen LogP) is 1.85. The number of hydrogen-bond donors (Lipinski definition) is 2. The molecule has 5 nitrogen and oxygen atoms in total. The van der Waals surface area contributed by atoms with Gasteiger partial charge in [-0.1, -0.05) is 18.2 Å². The molecule has 0 aliphatic carbocycles. The maximum Gasteiger partial charge on any atom is 0.286 e. The van der Waals surface area contributed by atoms with Gasteiger partial charge in [0.25, 0.3) is 5.91 Å². The van der Waals surface area contributed by atoms with Crippen molar-refractivity contribution in [1.29, 1.82) is 0 Å². The largest absolute Gasteiger partial charge is 0.459 e. The quantitative estimate of drug-likeness (QED) is 0.853. The Morgan fingerprint density at radius 1 is 1.10 bits per heavy atom. The molecule has 110 valence electrons. The first-order valence-corrected chi connectivity index (χ1v) is 6.48. The van der Waals surface area contributed by atoms with Gasteiger partial charge < -0.3 is 15.1 Å². The minimum absolute atomic E-state index is 0.112. The van der Waals surface area contributed by atoms with Crippen molar-refractivity contribution >= 4 is 11.8 Å². The van der Waals surface area contributed by atoms with Gasteiger partial charge in [0.15, 0.2) is 5.76 Å². The normalized spacial score (nSPS) is 10.1. The number of benzene rings is 1. The molecule has 1 heterocycles. The van der Waals surface area contributed by atoms with Gasteiger partial charge in [0.2, 0.25) is 5.91 Å². The monoisotopic (exact) mass is 290 g/mol. The molecule has 0 fully saturated rings. The van der Waals surface area contributed by atoms with Crippen LogP contribution in [0, 0.1) is 5.82 Å². The Morgan fingerprint density at radius 2 is 1.90 bits per heavy atom. The Labute approximate surface area is 121 Å². The van der Waals surface area contributed by atoms with Gasteiger partial charge in [-0.15, -0.1) is 0 Å². The molecule has 0 saturated carbocycles. The van der Waals surface area contributed by atoms with E-state index in [9.17, 15) is 14.0 Å². The van der Waals surface area contributed by atoms with Gasteiger partial charge in [-0.05, 0) is 18.2 Å². The van der Waals surface area contributed by atoms with Crippen molar-refractivity contribution in [1.82, 2.24) is 10.6 Å². The summed E-state index contributed by atoms with van der Waals surface area (Å²) in [5, 5.41) is 5.15. The summed E-state index contributed by atoms with van der Waals surface area (Å²) < 4.78 is 18.3. The number of carbonyl (C=O) groups excluding carboxylic acids is 2. The van der Waals surface area contributed by atoms with Crippen LogP contribution < -0.4 is 10.6 Å². The third-order valence-electron chi connectivity index (χ3n) is 2.82. The number of rotatable bonds is 6. The fourth-order valence-corrected chi connectivity index (χ4v) is 1.71. The van der Waals surface area contributed by atoms with Crippen molar-refractivity contribution < 1.29 is 18.4 Å². The van der Waals surface area contributed by atoms with E-state index in [0.717, 1.165) is 0 Å². The van der Waals surface area contributed by atoms with Crippen LogP contribution in [0.25, 0.3) is 0 Å². The summed E-state index contributed by atoms with van der Waals surface area (Å²) in [7, 11) is 0. The van der Waals surface area contributed by atoms with Crippen LogP contribution in [0.15, 0.2) is 47.1 Å². The van der Waals surface area contributed by atoms with Crippen molar-refractivity contribution in [3.05, 3.63) is 59.8 Å². The fourth-order valence-electron chi connectivity index (χ4n) is 1.71. The van der Waals surface area contributed by atoms with Crippen LogP contribution in [0.4, 0.5) is 4.39 Å². The molecule has 0 radical (unpaired) electrons. The lowest BCUT2D eigenvalue weighted by Crippen LogP contribution is -2.30. The third-order valence-corrected chi connectivity index (χ3v) is 2.82. The minimum Gasteiger partial charge on any atom is -0.459 e. The van der Waals surface area contributed by atoms with Crippen LogP contribution in [0.5, 0.6) is 0 Å². The zero-order valence-corrected chi connectivity index (χ0v) is 11.3. The van der Waals surface area contributed by atoms with E-state index in [-0.39, 0.29) is 42.9 Å². The smallest absolute Gasteiger partial charge is 0.286 e. The van der Waals surface area contributed by atoms with Gasteiger partial charge in [-0.2, -0.15) is 0 Å². The topological polar surface area (TPSA) is 71.3 Å². The van der Waals surface area contributed by atoms with E-state index in [0.29, 0.717) is 5.56 Å². The molecular formula is C15H15FN2O3. The summed E-state index contributed by atoms with van der Waals surface area (Å²) in [5.41, 5.74) is 0.422. The van der Waals surface area contributed by atoms with E-state index in [1.54, 1.807) is 24.3 Å². The average Bonchev–Trinajstić information content (AvgIpc) is 3.00. The first kappa shape index (κ1) is 14.8. The summed E-state index contributed by atoms with van der Waals surface area (Å²) in [6.45, 7) is 0.306. The van der Waals surface area contributed by atoms with Gasteiger partial charge in [-0.3, -0.25) is 9.59 Å². The van der Waals surface area contributed by atoms with Crippen LogP contribution in [0.2, 0.25) is 0 Å². The molecule has 1 aromatic heterocycles. The number of amides is 2. The van der Waals surface area contributed by atoms with E-state index < -0.39 is 0 Å². The molecule has 0 aliphatic rings. The molecule has 0 bridgehead atoms. The molecule has 0 atom stereocenters. The molecule has 0 aliphatic heterocycles. The third kappa shape index (κ3) is 4.45. The Hall–Kier alpha value is -2.63. The second kappa shape index (κ2) is 7.23. The van der Waals surface area contributed by atoms with Crippen LogP contribution >= 0.6 is 0 Å². The van der Waals surface area contributed by atoms with Gasteiger partial charge in [0.05, 0.1) is 6.26 Å². The summed E-state index contributed by atoms with van der Waals surface area (Å²) in [5.74, 6) is -0.800. The SMILES string of the molecule is O=C(CCNC(=O)c1ccco1)NCc1ccccc1F. The maximum absolute atomic E-state index is 13.3. The number of hydrogen-bond acceptors (Lipinski definition) is 3. The summed E-state index contributed by atoms with van der Waals surface area (Å²) in [4.78, 5) is 23.1. The van der Waals surface area contributed by atoms with Crippen molar-refractivity contribution in [2.45, 2.75) is 13.0 Å². The fraction of sp³-hybridized carbons (Fsp3) is 0.200. The predicted molar refractivity (Wildman–Crippen MR) is 73.9 cm³/mol. The highest BCUT2D eigenvalue weighted by Gasteiger charge is 2.09. The van der Waals surface area contributed by atoms with Crippen LogP contribution in [0.3, 0.4) is 0 Å². The van der Waals surface area contributed by atoms with Crippen LogP contribution in [0.1, 0.15) is 22.5 Å². The molecule has 21 heavy (non-hydrogen) atoms. The second-order valence-corrected chi connectivity index (χ2v) is 4.35. The van der Waals surface area contributed by atoms with Crippen molar-refractivity contribution in [3.63, 3.8) is 0 Å². The number of furan rings is 1. The average molecular weight is 290 g/mol. The van der Waals surface area contributed by atoms with Crippen molar-refractivity contribution in [2.75, 3.05) is 6.54 Å². The van der Waals surface area contributed by atoms with Gasteiger partial charge in [0.1, 0.15) is 5.82 Å². The molecule has 1 aromatic carbocycles. The number of carbonyl (C=O) groups is 2. The molecule has 2 rings (SSSR count). The van der Waals surface area contributed by atoms with Gasteiger partial charge in [0, 0.05) is 25.1 Å². The molecule has 0 unspecified atom stereocenters. The lowest BCUT2D eigenvalue weighted by atomic mass is 10.2. The maximum atomic E-state index is 13.3. The van der Waals surface area contributed by atoms with E-state index in [4.69, 9.17) is 4.42 Å². The number of nitrogens with one attached hydrogen (secondary N) is 2. The Morgan fingerprint density at radius 3 is 2.62 bits per heavy atom. The Bertz CT molecular complexity index is 611. The molecule has 2 N–H and O–H groups in total. The van der Waals surface area contributed by atoms with E-state index >= 15 is 0 Å². The zero-order valence-electron chi connectivity index (χ0n) is 11.3. The van der Waals surface area contributed by atoms with Gasteiger partial charge in [-0.25, -0.2) is 4.39 Å². The first-order chi connectivity index (χ1) is 10.2. The molecule has 0 spiro atoms. The van der Waals surface area contributed by atoms with Crippen LogP contribution in [-0.4, -0.2) is 18.4 Å².